The van der Waals surface area contributed by atoms with Gasteiger partial charge in [0.05, 0.1) is 4.90 Å². The highest BCUT2D eigenvalue weighted by Crippen LogP contribution is 2.24. The molecule has 0 aromatic heterocycles. The first kappa shape index (κ1) is 20.4. The van der Waals surface area contributed by atoms with Crippen LogP contribution in [0.1, 0.15) is 30.9 Å². The van der Waals surface area contributed by atoms with Crippen LogP contribution < -0.4 is 10.1 Å². The summed E-state index contributed by atoms with van der Waals surface area (Å²) in [6.07, 6.45) is 1.10. The van der Waals surface area contributed by atoms with Gasteiger partial charge in [-0.2, -0.15) is 4.31 Å². The lowest BCUT2D eigenvalue weighted by Crippen LogP contribution is -2.30. The summed E-state index contributed by atoms with van der Waals surface area (Å²) in [6, 6.07) is 12.0. The molecule has 1 amide bonds. The SMILES string of the molecule is Cc1cccc(O[C@H](C)C(=O)Nc2ccc(S(=O)(=O)N3CCCC3)cc2)c1C. The summed E-state index contributed by atoms with van der Waals surface area (Å²) in [5, 5.41) is 2.77. The van der Waals surface area contributed by atoms with Crippen LogP contribution in [0.15, 0.2) is 47.4 Å². The van der Waals surface area contributed by atoms with Crippen molar-refractivity contribution in [1.29, 1.82) is 0 Å². The highest BCUT2D eigenvalue weighted by Gasteiger charge is 2.27. The molecule has 2 aromatic rings. The van der Waals surface area contributed by atoms with Crippen molar-refractivity contribution in [2.45, 2.75) is 44.6 Å². The van der Waals surface area contributed by atoms with E-state index in [0.29, 0.717) is 24.5 Å². The molecular weight excluding hydrogens is 376 g/mol. The second-order valence-corrected chi connectivity index (χ2v) is 9.02. The van der Waals surface area contributed by atoms with Gasteiger partial charge in [-0.3, -0.25) is 4.79 Å². The van der Waals surface area contributed by atoms with Crippen LogP contribution in [0.3, 0.4) is 0 Å². The third-order valence-electron chi connectivity index (χ3n) is 5.05. The first-order valence-electron chi connectivity index (χ1n) is 9.43. The van der Waals surface area contributed by atoms with Crippen molar-refractivity contribution in [3.05, 3.63) is 53.6 Å². The standard InChI is InChI=1S/C21H26N2O4S/c1-15-7-6-8-20(16(15)2)27-17(3)21(24)22-18-9-11-19(12-10-18)28(25,26)23-13-4-5-14-23/h6-12,17H,4-5,13-14H2,1-3H3,(H,22,24)/t17-/m1/s1. The van der Waals surface area contributed by atoms with Crippen LogP contribution >= 0.6 is 0 Å². The van der Waals surface area contributed by atoms with Gasteiger partial charge in [0, 0.05) is 18.8 Å². The number of rotatable bonds is 6. The Hall–Kier alpha value is -2.38. The van der Waals surface area contributed by atoms with E-state index >= 15 is 0 Å². The van der Waals surface area contributed by atoms with Gasteiger partial charge in [0.15, 0.2) is 6.10 Å². The zero-order valence-electron chi connectivity index (χ0n) is 16.4. The van der Waals surface area contributed by atoms with Crippen molar-refractivity contribution in [3.63, 3.8) is 0 Å². The van der Waals surface area contributed by atoms with Gasteiger partial charge in [0.25, 0.3) is 5.91 Å². The molecule has 1 heterocycles. The molecule has 0 bridgehead atoms. The zero-order valence-corrected chi connectivity index (χ0v) is 17.3. The molecule has 0 saturated carbocycles. The normalized spacial score (nSPS) is 16.0. The number of hydrogen-bond acceptors (Lipinski definition) is 4. The first-order chi connectivity index (χ1) is 13.3. The second-order valence-electron chi connectivity index (χ2n) is 7.08. The van der Waals surface area contributed by atoms with E-state index in [4.69, 9.17) is 4.74 Å². The third-order valence-corrected chi connectivity index (χ3v) is 6.97. The Morgan fingerprint density at radius 2 is 1.71 bits per heavy atom. The number of sulfonamides is 1. The minimum absolute atomic E-state index is 0.243. The van der Waals surface area contributed by atoms with Gasteiger partial charge in [-0.05, 0) is 75.1 Å². The van der Waals surface area contributed by atoms with Crippen LogP contribution in [0.2, 0.25) is 0 Å². The molecule has 3 rings (SSSR count). The lowest BCUT2D eigenvalue weighted by molar-refractivity contribution is -0.122. The van der Waals surface area contributed by atoms with Crippen LogP contribution in [0.4, 0.5) is 5.69 Å². The quantitative estimate of drug-likeness (QED) is 0.802. The van der Waals surface area contributed by atoms with E-state index in [9.17, 15) is 13.2 Å². The predicted octanol–water partition coefficient (Wildman–Crippen LogP) is 3.49. The summed E-state index contributed by atoms with van der Waals surface area (Å²) in [7, 11) is -3.45. The number of nitrogens with zero attached hydrogens (tertiary/aromatic N) is 1. The van der Waals surface area contributed by atoms with E-state index in [0.717, 1.165) is 24.0 Å². The molecule has 6 nitrogen and oxygen atoms in total. The maximum atomic E-state index is 12.6. The van der Waals surface area contributed by atoms with Crippen LogP contribution in [-0.4, -0.2) is 37.8 Å². The number of amides is 1. The maximum Gasteiger partial charge on any atom is 0.265 e. The minimum Gasteiger partial charge on any atom is -0.481 e. The number of aryl methyl sites for hydroxylation is 1. The molecule has 1 saturated heterocycles. The van der Waals surface area contributed by atoms with E-state index in [1.54, 1.807) is 19.1 Å². The van der Waals surface area contributed by atoms with E-state index in [2.05, 4.69) is 5.32 Å². The molecule has 28 heavy (non-hydrogen) atoms. The van der Waals surface area contributed by atoms with Gasteiger partial charge in [-0.25, -0.2) is 8.42 Å². The van der Waals surface area contributed by atoms with Gasteiger partial charge in [0.2, 0.25) is 10.0 Å². The third kappa shape index (κ3) is 4.36. The largest absolute Gasteiger partial charge is 0.481 e. The number of ether oxygens (including phenoxy) is 1. The smallest absolute Gasteiger partial charge is 0.265 e. The molecule has 1 atom stereocenters. The maximum absolute atomic E-state index is 12.6. The molecule has 7 heteroatoms. The zero-order chi connectivity index (χ0) is 20.3. The average Bonchev–Trinajstić information content (AvgIpc) is 3.21. The van der Waals surface area contributed by atoms with Crippen LogP contribution in [-0.2, 0) is 14.8 Å². The fraction of sp³-hybridized carbons (Fsp3) is 0.381. The Bertz CT molecular complexity index is 949. The van der Waals surface area contributed by atoms with Gasteiger partial charge < -0.3 is 10.1 Å². The Morgan fingerprint density at radius 3 is 2.36 bits per heavy atom. The molecule has 1 N–H and O–H groups in total. The number of anilines is 1. The number of carbonyl (C=O) groups is 1. The van der Waals surface area contributed by atoms with E-state index < -0.39 is 16.1 Å². The average molecular weight is 403 g/mol. The van der Waals surface area contributed by atoms with Crippen molar-refractivity contribution in [2.24, 2.45) is 0 Å². The Kier molecular flexibility index (Phi) is 6.05. The fourth-order valence-electron chi connectivity index (χ4n) is 3.13. The van der Waals surface area contributed by atoms with Crippen molar-refractivity contribution in [3.8, 4) is 5.75 Å². The molecule has 150 valence electrons. The minimum atomic E-state index is -3.45. The van der Waals surface area contributed by atoms with E-state index in [1.165, 1.54) is 16.4 Å². The van der Waals surface area contributed by atoms with Gasteiger partial charge in [-0.15, -0.1) is 0 Å². The fourth-order valence-corrected chi connectivity index (χ4v) is 4.64. The van der Waals surface area contributed by atoms with Crippen molar-refractivity contribution in [1.82, 2.24) is 4.31 Å². The number of hydrogen-bond donors (Lipinski definition) is 1. The molecule has 2 aromatic carbocycles. The van der Waals surface area contributed by atoms with Crippen LogP contribution in [0.5, 0.6) is 5.75 Å². The van der Waals surface area contributed by atoms with Gasteiger partial charge >= 0.3 is 0 Å². The van der Waals surface area contributed by atoms with Crippen LogP contribution in [0.25, 0.3) is 0 Å². The summed E-state index contributed by atoms with van der Waals surface area (Å²) in [6.45, 7) is 6.75. The molecule has 0 unspecified atom stereocenters. The van der Waals surface area contributed by atoms with Crippen molar-refractivity contribution in [2.75, 3.05) is 18.4 Å². The lowest BCUT2D eigenvalue weighted by Gasteiger charge is -2.18. The molecule has 0 aliphatic carbocycles. The predicted molar refractivity (Wildman–Crippen MR) is 109 cm³/mol. The Morgan fingerprint density at radius 1 is 1.07 bits per heavy atom. The summed E-state index contributed by atoms with van der Waals surface area (Å²) >= 11 is 0. The number of nitrogens with one attached hydrogen (secondary N) is 1. The lowest BCUT2D eigenvalue weighted by atomic mass is 10.1. The van der Waals surface area contributed by atoms with E-state index in [-0.39, 0.29) is 10.8 Å². The molecular formula is C21H26N2O4S. The molecule has 0 radical (unpaired) electrons. The van der Waals surface area contributed by atoms with Crippen molar-refractivity contribution < 1.29 is 17.9 Å². The highest BCUT2D eigenvalue weighted by atomic mass is 32.2. The molecule has 0 spiro atoms. The summed E-state index contributed by atoms with van der Waals surface area (Å²) in [5.41, 5.74) is 2.63. The van der Waals surface area contributed by atoms with Gasteiger partial charge in [-0.1, -0.05) is 12.1 Å². The van der Waals surface area contributed by atoms with Gasteiger partial charge in [0.1, 0.15) is 5.75 Å². The highest BCUT2D eigenvalue weighted by molar-refractivity contribution is 7.89. The summed E-state index contributed by atoms with van der Waals surface area (Å²) in [4.78, 5) is 12.7. The number of carbonyl (C=O) groups excluding carboxylic acids is 1. The molecule has 1 aliphatic heterocycles. The monoisotopic (exact) mass is 402 g/mol. The molecule has 1 aliphatic rings. The van der Waals surface area contributed by atoms with E-state index in [1.807, 2.05) is 32.0 Å². The van der Waals surface area contributed by atoms with Crippen molar-refractivity contribution >= 4 is 21.6 Å². The number of benzene rings is 2. The second kappa shape index (κ2) is 8.32. The Balaban J connectivity index is 1.64. The van der Waals surface area contributed by atoms with Crippen LogP contribution in [0, 0.1) is 13.8 Å². The first-order valence-corrected chi connectivity index (χ1v) is 10.9. The summed E-state index contributed by atoms with van der Waals surface area (Å²) < 4.78 is 32.4. The molecule has 1 fully saturated rings. The Labute approximate surface area is 166 Å². The topological polar surface area (TPSA) is 75.7 Å². The summed E-state index contributed by atoms with van der Waals surface area (Å²) in [5.74, 6) is 0.380.